The Bertz CT molecular complexity index is 226. The van der Waals surface area contributed by atoms with E-state index < -0.39 is 0 Å². The van der Waals surface area contributed by atoms with Crippen molar-refractivity contribution >= 4 is 22.9 Å². The minimum absolute atomic E-state index is 0.728. The van der Waals surface area contributed by atoms with E-state index >= 15 is 0 Å². The van der Waals surface area contributed by atoms with Crippen LogP contribution in [0.15, 0.2) is 21.8 Å². The van der Waals surface area contributed by atoms with Crippen molar-refractivity contribution in [1.29, 1.82) is 0 Å². The normalized spacial score (nSPS) is 11.9. The molecule has 3 heteroatoms. The second kappa shape index (κ2) is 4.13. The molecule has 1 aromatic rings. The van der Waals surface area contributed by atoms with Crippen molar-refractivity contribution < 1.29 is 0 Å². The molecular formula is C8H12N2S. The molecule has 0 aliphatic heterocycles. The molecule has 0 spiro atoms. The highest BCUT2D eigenvalue weighted by Crippen LogP contribution is 2.15. The van der Waals surface area contributed by atoms with Gasteiger partial charge in [0.05, 0.1) is 11.5 Å². The first kappa shape index (κ1) is 8.27. The van der Waals surface area contributed by atoms with Crippen LogP contribution in [0, 0.1) is 0 Å². The number of hydrogen-bond acceptors (Lipinski definition) is 2. The predicted molar refractivity (Wildman–Crippen MR) is 50.5 cm³/mol. The number of rotatable bonds is 3. The fourth-order valence-electron chi connectivity index (χ4n) is 0.799. The third-order valence-electron chi connectivity index (χ3n) is 1.29. The molecule has 0 aliphatic carbocycles. The Hall–Kier alpha value is -0.830. The molecule has 0 bridgehead atoms. The minimum Gasteiger partial charge on any atom is -0.387 e. The Kier molecular flexibility index (Phi) is 3.11. The molecule has 0 fully saturated rings. The molecule has 1 aromatic heterocycles. The van der Waals surface area contributed by atoms with Crippen LogP contribution in [-0.4, -0.2) is 5.84 Å². The molecule has 0 unspecified atom stereocenters. The summed E-state index contributed by atoms with van der Waals surface area (Å²) in [4.78, 5) is 4.21. The van der Waals surface area contributed by atoms with Gasteiger partial charge in [-0.3, -0.25) is 0 Å². The van der Waals surface area contributed by atoms with Crippen molar-refractivity contribution in [3.05, 3.63) is 16.8 Å². The number of aliphatic imine (C=N–C) groups is 1. The second-order valence-electron chi connectivity index (χ2n) is 2.33. The van der Waals surface area contributed by atoms with Crippen LogP contribution in [0.4, 0.5) is 5.69 Å². The van der Waals surface area contributed by atoms with Crippen molar-refractivity contribution in [3.8, 4) is 0 Å². The quantitative estimate of drug-likeness (QED) is 0.546. The molecular weight excluding hydrogens is 156 g/mol. The van der Waals surface area contributed by atoms with E-state index in [0.717, 1.165) is 24.4 Å². The summed E-state index contributed by atoms with van der Waals surface area (Å²) >= 11 is 1.64. The molecule has 11 heavy (non-hydrogen) atoms. The van der Waals surface area contributed by atoms with Gasteiger partial charge in [-0.1, -0.05) is 6.92 Å². The van der Waals surface area contributed by atoms with Crippen LogP contribution in [0.25, 0.3) is 0 Å². The SMILES string of the molecule is CCCC(N)=Nc1ccsc1. The lowest BCUT2D eigenvalue weighted by molar-refractivity contribution is 0.983. The van der Waals surface area contributed by atoms with Crippen LogP contribution < -0.4 is 5.73 Å². The zero-order valence-electron chi connectivity index (χ0n) is 6.58. The molecule has 0 radical (unpaired) electrons. The molecule has 0 aliphatic rings. The number of nitrogens with zero attached hydrogens (tertiary/aromatic N) is 1. The van der Waals surface area contributed by atoms with Gasteiger partial charge in [-0.25, -0.2) is 4.99 Å². The van der Waals surface area contributed by atoms with E-state index in [4.69, 9.17) is 5.73 Å². The number of amidine groups is 1. The van der Waals surface area contributed by atoms with Crippen molar-refractivity contribution in [2.24, 2.45) is 10.7 Å². The van der Waals surface area contributed by atoms with Gasteiger partial charge < -0.3 is 5.73 Å². The highest BCUT2D eigenvalue weighted by atomic mass is 32.1. The number of nitrogens with two attached hydrogens (primary N) is 1. The van der Waals surface area contributed by atoms with Crippen molar-refractivity contribution in [1.82, 2.24) is 0 Å². The van der Waals surface area contributed by atoms with E-state index in [1.807, 2.05) is 16.8 Å². The predicted octanol–water partition coefficient (Wildman–Crippen LogP) is 2.54. The van der Waals surface area contributed by atoms with Crippen molar-refractivity contribution in [2.75, 3.05) is 0 Å². The first-order valence-corrected chi connectivity index (χ1v) is 4.62. The molecule has 0 saturated heterocycles. The highest BCUT2D eigenvalue weighted by molar-refractivity contribution is 7.08. The van der Waals surface area contributed by atoms with Crippen LogP contribution in [0.2, 0.25) is 0 Å². The van der Waals surface area contributed by atoms with E-state index in [0.29, 0.717) is 0 Å². The summed E-state index contributed by atoms with van der Waals surface area (Å²) in [5.41, 5.74) is 6.60. The minimum atomic E-state index is 0.728. The molecule has 0 aromatic carbocycles. The van der Waals surface area contributed by atoms with Crippen LogP contribution >= 0.6 is 11.3 Å². The molecule has 2 nitrogen and oxygen atoms in total. The Morgan fingerprint density at radius 3 is 3.09 bits per heavy atom. The van der Waals surface area contributed by atoms with Crippen molar-refractivity contribution in [2.45, 2.75) is 19.8 Å². The van der Waals surface area contributed by atoms with Crippen LogP contribution in [-0.2, 0) is 0 Å². The van der Waals surface area contributed by atoms with Gasteiger partial charge >= 0.3 is 0 Å². The molecule has 60 valence electrons. The first-order chi connectivity index (χ1) is 5.33. The average Bonchev–Trinajstić information content (AvgIpc) is 2.40. The molecule has 1 heterocycles. The van der Waals surface area contributed by atoms with E-state index in [9.17, 15) is 0 Å². The monoisotopic (exact) mass is 168 g/mol. The fourth-order valence-corrected chi connectivity index (χ4v) is 1.37. The fraction of sp³-hybridized carbons (Fsp3) is 0.375. The largest absolute Gasteiger partial charge is 0.387 e. The van der Waals surface area contributed by atoms with Gasteiger partial charge in [0.15, 0.2) is 0 Å². The van der Waals surface area contributed by atoms with E-state index in [2.05, 4.69) is 11.9 Å². The lowest BCUT2D eigenvalue weighted by Gasteiger charge is -1.94. The lowest BCUT2D eigenvalue weighted by atomic mass is 10.3. The topological polar surface area (TPSA) is 38.4 Å². The van der Waals surface area contributed by atoms with E-state index in [1.54, 1.807) is 11.3 Å². The average molecular weight is 168 g/mol. The summed E-state index contributed by atoms with van der Waals surface area (Å²) in [6, 6.07) is 1.97. The zero-order chi connectivity index (χ0) is 8.10. The summed E-state index contributed by atoms with van der Waals surface area (Å²) in [5.74, 6) is 0.728. The molecule has 0 saturated carbocycles. The third-order valence-corrected chi connectivity index (χ3v) is 1.96. The summed E-state index contributed by atoms with van der Waals surface area (Å²) in [5, 5.41) is 3.99. The maximum Gasteiger partial charge on any atom is 0.0996 e. The molecule has 1 rings (SSSR count). The number of hydrogen-bond donors (Lipinski definition) is 1. The Labute approximate surface area is 70.8 Å². The van der Waals surface area contributed by atoms with Gasteiger partial charge in [0.25, 0.3) is 0 Å². The lowest BCUT2D eigenvalue weighted by Crippen LogP contribution is -2.09. The third kappa shape index (κ3) is 2.72. The highest BCUT2D eigenvalue weighted by Gasteiger charge is 1.91. The molecule has 0 atom stereocenters. The summed E-state index contributed by atoms with van der Waals surface area (Å²) in [6.45, 7) is 2.09. The Balaban J connectivity index is 2.58. The second-order valence-corrected chi connectivity index (χ2v) is 3.11. The van der Waals surface area contributed by atoms with Crippen LogP contribution in [0.5, 0.6) is 0 Å². The first-order valence-electron chi connectivity index (χ1n) is 3.68. The standard InChI is InChI=1S/C8H12N2S/c1-2-3-8(9)10-7-4-5-11-6-7/h4-6H,2-3H2,1H3,(H2,9,10). The Morgan fingerprint density at radius 1 is 1.73 bits per heavy atom. The van der Waals surface area contributed by atoms with Gasteiger partial charge in [-0.15, -0.1) is 0 Å². The maximum absolute atomic E-state index is 5.63. The van der Waals surface area contributed by atoms with Crippen LogP contribution in [0.1, 0.15) is 19.8 Å². The zero-order valence-corrected chi connectivity index (χ0v) is 7.40. The smallest absolute Gasteiger partial charge is 0.0996 e. The number of thiophene rings is 1. The van der Waals surface area contributed by atoms with Crippen molar-refractivity contribution in [3.63, 3.8) is 0 Å². The maximum atomic E-state index is 5.63. The van der Waals surface area contributed by atoms with Gasteiger partial charge in [0, 0.05) is 11.8 Å². The summed E-state index contributed by atoms with van der Waals surface area (Å²) in [7, 11) is 0. The van der Waals surface area contributed by atoms with Gasteiger partial charge in [-0.2, -0.15) is 11.3 Å². The summed E-state index contributed by atoms with van der Waals surface area (Å²) in [6.07, 6.45) is 1.94. The van der Waals surface area contributed by atoms with Gasteiger partial charge in [0.2, 0.25) is 0 Å². The molecule has 2 N–H and O–H groups in total. The summed E-state index contributed by atoms with van der Waals surface area (Å²) < 4.78 is 0. The van der Waals surface area contributed by atoms with Crippen LogP contribution in [0.3, 0.4) is 0 Å². The van der Waals surface area contributed by atoms with E-state index in [-0.39, 0.29) is 0 Å². The van der Waals surface area contributed by atoms with E-state index in [1.165, 1.54) is 0 Å². The molecule has 0 amide bonds. The van der Waals surface area contributed by atoms with Gasteiger partial charge in [0.1, 0.15) is 0 Å². The van der Waals surface area contributed by atoms with Gasteiger partial charge in [-0.05, 0) is 17.9 Å². The Morgan fingerprint density at radius 2 is 2.55 bits per heavy atom.